The van der Waals surface area contributed by atoms with Gasteiger partial charge in [0.2, 0.25) is 0 Å². The molecule has 0 saturated carbocycles. The van der Waals surface area contributed by atoms with Crippen molar-refractivity contribution in [2.75, 3.05) is 7.11 Å². The molecule has 0 spiro atoms. The number of rotatable bonds is 4. The molecule has 0 aliphatic carbocycles. The van der Waals surface area contributed by atoms with Crippen LogP contribution >= 0.6 is 22.9 Å². The summed E-state index contributed by atoms with van der Waals surface area (Å²) in [6.07, 6.45) is 0.782. The first-order valence-electron chi connectivity index (χ1n) is 5.31. The first-order valence-corrected chi connectivity index (χ1v) is 6.57. The Kier molecular flexibility index (Phi) is 4.05. The van der Waals surface area contributed by atoms with Crippen LogP contribution in [-0.2, 0) is 6.42 Å². The normalized spacial score (nSPS) is 12.4. The van der Waals surface area contributed by atoms with E-state index in [1.807, 2.05) is 35.7 Å². The number of hydrogen-bond donors (Lipinski definition) is 1. The van der Waals surface area contributed by atoms with Gasteiger partial charge in [-0.3, -0.25) is 0 Å². The molecule has 90 valence electrons. The lowest BCUT2D eigenvalue weighted by atomic mass is 10.1. The zero-order valence-electron chi connectivity index (χ0n) is 9.52. The Hall–Kier alpha value is -1.03. The molecule has 2 aromatic rings. The average Bonchev–Trinajstić information content (AvgIpc) is 2.77. The zero-order chi connectivity index (χ0) is 12.3. The highest BCUT2D eigenvalue weighted by atomic mass is 35.5. The second-order valence-electron chi connectivity index (χ2n) is 3.83. The summed E-state index contributed by atoms with van der Waals surface area (Å²) in [6.45, 7) is 0. The van der Waals surface area contributed by atoms with Gasteiger partial charge in [-0.05, 0) is 30.2 Å². The van der Waals surface area contributed by atoms with E-state index in [1.165, 1.54) is 0 Å². The van der Waals surface area contributed by atoms with Crippen molar-refractivity contribution in [3.05, 3.63) is 51.2 Å². The van der Waals surface area contributed by atoms with E-state index in [1.54, 1.807) is 18.4 Å². The molecule has 1 unspecified atom stereocenters. The molecule has 2 N–H and O–H groups in total. The molecular weight excluding hydrogens is 254 g/mol. The predicted molar refractivity (Wildman–Crippen MR) is 73.0 cm³/mol. The van der Waals surface area contributed by atoms with Crippen LogP contribution in [0.25, 0.3) is 0 Å². The van der Waals surface area contributed by atoms with Gasteiger partial charge in [0.15, 0.2) is 0 Å². The molecule has 1 atom stereocenters. The summed E-state index contributed by atoms with van der Waals surface area (Å²) in [5, 5.41) is 2.71. The van der Waals surface area contributed by atoms with Crippen molar-refractivity contribution < 1.29 is 4.74 Å². The summed E-state index contributed by atoms with van der Waals surface area (Å²) in [5.74, 6) is 0.867. The van der Waals surface area contributed by atoms with Crippen LogP contribution in [0.3, 0.4) is 0 Å². The average molecular weight is 268 g/mol. The quantitative estimate of drug-likeness (QED) is 0.918. The highest BCUT2D eigenvalue weighted by molar-refractivity contribution is 7.10. The lowest BCUT2D eigenvalue weighted by Crippen LogP contribution is -2.11. The maximum Gasteiger partial charge on any atom is 0.129 e. The van der Waals surface area contributed by atoms with Crippen LogP contribution in [0.5, 0.6) is 5.75 Å². The topological polar surface area (TPSA) is 35.2 Å². The Morgan fingerprint density at radius 3 is 2.88 bits per heavy atom. The van der Waals surface area contributed by atoms with Gasteiger partial charge in [0.05, 0.1) is 7.11 Å². The number of nitrogens with two attached hydrogens (primary N) is 1. The molecule has 1 aromatic carbocycles. The highest BCUT2D eigenvalue weighted by Gasteiger charge is 2.10. The SMILES string of the molecule is COc1csc(C(N)Cc2cccc(Cl)c2)c1. The van der Waals surface area contributed by atoms with E-state index in [0.29, 0.717) is 0 Å². The van der Waals surface area contributed by atoms with Gasteiger partial charge >= 0.3 is 0 Å². The van der Waals surface area contributed by atoms with Gasteiger partial charge in [-0.1, -0.05) is 23.7 Å². The summed E-state index contributed by atoms with van der Waals surface area (Å²) in [7, 11) is 1.66. The molecule has 4 heteroatoms. The zero-order valence-corrected chi connectivity index (χ0v) is 11.1. The molecular formula is C13H14ClNOS. The first-order chi connectivity index (χ1) is 8.19. The highest BCUT2D eigenvalue weighted by Crippen LogP contribution is 2.27. The Morgan fingerprint density at radius 1 is 1.41 bits per heavy atom. The molecule has 2 rings (SSSR count). The first kappa shape index (κ1) is 12.4. The van der Waals surface area contributed by atoms with E-state index >= 15 is 0 Å². The lowest BCUT2D eigenvalue weighted by Gasteiger charge is -2.09. The third kappa shape index (κ3) is 3.22. The Labute approximate surface area is 110 Å². The Bertz CT molecular complexity index is 498. The van der Waals surface area contributed by atoms with Crippen LogP contribution in [0, 0.1) is 0 Å². The molecule has 0 radical (unpaired) electrons. The second-order valence-corrected chi connectivity index (χ2v) is 5.21. The van der Waals surface area contributed by atoms with Crippen molar-refractivity contribution in [1.29, 1.82) is 0 Å². The Morgan fingerprint density at radius 2 is 2.24 bits per heavy atom. The number of benzene rings is 1. The van der Waals surface area contributed by atoms with Crippen LogP contribution in [0.2, 0.25) is 5.02 Å². The van der Waals surface area contributed by atoms with E-state index in [2.05, 4.69) is 0 Å². The molecule has 1 aromatic heterocycles. The fraction of sp³-hybridized carbons (Fsp3) is 0.231. The molecule has 2 nitrogen and oxygen atoms in total. The number of halogens is 1. The second kappa shape index (κ2) is 5.54. The summed E-state index contributed by atoms with van der Waals surface area (Å²) in [4.78, 5) is 1.13. The molecule has 0 aliphatic heterocycles. The lowest BCUT2D eigenvalue weighted by molar-refractivity contribution is 0.416. The number of hydrogen-bond acceptors (Lipinski definition) is 3. The van der Waals surface area contributed by atoms with Crippen molar-refractivity contribution in [2.45, 2.75) is 12.5 Å². The largest absolute Gasteiger partial charge is 0.496 e. The van der Waals surface area contributed by atoms with E-state index in [9.17, 15) is 0 Å². The van der Waals surface area contributed by atoms with Crippen LogP contribution in [0.1, 0.15) is 16.5 Å². The van der Waals surface area contributed by atoms with Gasteiger partial charge in [0.25, 0.3) is 0 Å². The summed E-state index contributed by atoms with van der Waals surface area (Å²) >= 11 is 7.57. The monoisotopic (exact) mass is 267 g/mol. The minimum absolute atomic E-state index is 0.0117. The number of ether oxygens (including phenoxy) is 1. The van der Waals surface area contributed by atoms with Crippen LogP contribution in [-0.4, -0.2) is 7.11 Å². The minimum Gasteiger partial charge on any atom is -0.496 e. The smallest absolute Gasteiger partial charge is 0.129 e. The van der Waals surface area contributed by atoms with E-state index in [0.717, 1.165) is 27.6 Å². The standard InChI is InChI=1S/C13H14ClNOS/c1-16-11-7-13(17-8-11)12(15)6-9-3-2-4-10(14)5-9/h2-5,7-8,12H,6,15H2,1H3. The van der Waals surface area contributed by atoms with Crippen LogP contribution in [0.4, 0.5) is 0 Å². The molecule has 0 aliphatic rings. The fourth-order valence-electron chi connectivity index (χ4n) is 1.65. The van der Waals surface area contributed by atoms with E-state index in [4.69, 9.17) is 22.1 Å². The minimum atomic E-state index is -0.0117. The predicted octanol–water partition coefficient (Wildman–Crippen LogP) is 3.65. The fourth-order valence-corrected chi connectivity index (χ4v) is 2.73. The molecule has 0 saturated heterocycles. The van der Waals surface area contributed by atoms with Gasteiger partial charge in [0.1, 0.15) is 5.75 Å². The van der Waals surface area contributed by atoms with Crippen LogP contribution < -0.4 is 10.5 Å². The van der Waals surface area contributed by atoms with Gasteiger partial charge in [-0.25, -0.2) is 0 Å². The van der Waals surface area contributed by atoms with Crippen LogP contribution in [0.15, 0.2) is 35.7 Å². The molecule has 17 heavy (non-hydrogen) atoms. The molecule has 0 amide bonds. The van der Waals surface area contributed by atoms with Crippen molar-refractivity contribution in [1.82, 2.24) is 0 Å². The van der Waals surface area contributed by atoms with Crippen molar-refractivity contribution in [3.63, 3.8) is 0 Å². The maximum absolute atomic E-state index is 6.16. The molecule has 0 bridgehead atoms. The van der Waals surface area contributed by atoms with Crippen molar-refractivity contribution in [3.8, 4) is 5.75 Å². The van der Waals surface area contributed by atoms with E-state index < -0.39 is 0 Å². The summed E-state index contributed by atoms with van der Waals surface area (Å²) < 4.78 is 5.15. The third-order valence-corrected chi connectivity index (χ3v) is 3.82. The number of thiophene rings is 1. The van der Waals surface area contributed by atoms with Gasteiger partial charge in [-0.15, -0.1) is 11.3 Å². The van der Waals surface area contributed by atoms with Crippen molar-refractivity contribution in [2.24, 2.45) is 5.73 Å². The number of methoxy groups -OCH3 is 1. The van der Waals surface area contributed by atoms with Gasteiger partial charge < -0.3 is 10.5 Å². The summed E-state index contributed by atoms with van der Waals surface area (Å²) in [5.41, 5.74) is 7.31. The summed E-state index contributed by atoms with van der Waals surface area (Å²) in [6, 6.07) is 9.77. The van der Waals surface area contributed by atoms with Gasteiger partial charge in [-0.2, -0.15) is 0 Å². The van der Waals surface area contributed by atoms with Crippen molar-refractivity contribution >= 4 is 22.9 Å². The third-order valence-electron chi connectivity index (χ3n) is 2.54. The molecule has 1 heterocycles. The maximum atomic E-state index is 6.16. The van der Waals surface area contributed by atoms with Gasteiger partial charge in [0, 0.05) is 21.3 Å². The Balaban J connectivity index is 2.08. The molecule has 0 fully saturated rings. The van der Waals surface area contributed by atoms with E-state index in [-0.39, 0.29) is 6.04 Å².